The van der Waals surface area contributed by atoms with Crippen LogP contribution in [0.4, 0.5) is 0 Å². The molecule has 0 aromatic carbocycles. The van der Waals surface area contributed by atoms with Crippen molar-refractivity contribution < 1.29 is 19.4 Å². The SMILES string of the molecule is C=CCCCC(=O)OC.CC1=CC(O)CC1=O. The summed E-state index contributed by atoms with van der Waals surface area (Å²) in [5.74, 6) is -0.0747. The van der Waals surface area contributed by atoms with Crippen molar-refractivity contribution in [3.8, 4) is 0 Å². The Balaban J connectivity index is 0.000000302. The Bertz CT molecular complexity index is 305. The maximum absolute atomic E-state index is 10.6. The van der Waals surface area contributed by atoms with E-state index in [1.165, 1.54) is 7.11 Å². The summed E-state index contributed by atoms with van der Waals surface area (Å²) < 4.78 is 4.42. The first-order valence-electron chi connectivity index (χ1n) is 5.58. The van der Waals surface area contributed by atoms with Crippen LogP contribution in [-0.2, 0) is 14.3 Å². The number of carbonyl (C=O) groups is 2. The number of aliphatic hydroxyl groups excluding tert-OH is 1. The highest BCUT2D eigenvalue weighted by Crippen LogP contribution is 2.12. The van der Waals surface area contributed by atoms with E-state index in [1.54, 1.807) is 19.1 Å². The Labute approximate surface area is 102 Å². The van der Waals surface area contributed by atoms with E-state index >= 15 is 0 Å². The largest absolute Gasteiger partial charge is 0.469 e. The van der Waals surface area contributed by atoms with Crippen molar-refractivity contribution in [2.45, 2.75) is 38.7 Å². The van der Waals surface area contributed by atoms with Gasteiger partial charge in [-0.3, -0.25) is 9.59 Å². The summed E-state index contributed by atoms with van der Waals surface area (Å²) >= 11 is 0. The van der Waals surface area contributed by atoms with Crippen molar-refractivity contribution in [2.75, 3.05) is 7.11 Å². The lowest BCUT2D eigenvalue weighted by molar-refractivity contribution is -0.140. The van der Waals surface area contributed by atoms with Gasteiger partial charge in [0.25, 0.3) is 0 Å². The molecule has 0 saturated heterocycles. The van der Waals surface area contributed by atoms with Crippen LogP contribution in [0.15, 0.2) is 24.3 Å². The molecule has 0 heterocycles. The van der Waals surface area contributed by atoms with E-state index in [1.807, 2.05) is 0 Å². The first-order valence-corrected chi connectivity index (χ1v) is 5.58. The number of carbonyl (C=O) groups excluding carboxylic acids is 2. The van der Waals surface area contributed by atoms with Gasteiger partial charge in [0.15, 0.2) is 5.78 Å². The summed E-state index contributed by atoms with van der Waals surface area (Å²) in [5, 5.41) is 8.77. The Morgan fingerprint density at radius 2 is 2.35 bits per heavy atom. The molecule has 0 saturated carbocycles. The van der Waals surface area contributed by atoms with Gasteiger partial charge in [0.1, 0.15) is 0 Å². The topological polar surface area (TPSA) is 63.6 Å². The fourth-order valence-corrected chi connectivity index (χ4v) is 1.28. The van der Waals surface area contributed by atoms with Crippen molar-refractivity contribution in [1.29, 1.82) is 0 Å². The van der Waals surface area contributed by atoms with Gasteiger partial charge in [0, 0.05) is 12.8 Å². The molecule has 0 aromatic rings. The zero-order valence-electron chi connectivity index (χ0n) is 10.4. The summed E-state index contributed by atoms with van der Waals surface area (Å²) in [6.07, 6.45) is 5.38. The lowest BCUT2D eigenvalue weighted by Gasteiger charge is -1.94. The monoisotopic (exact) mass is 240 g/mol. The Kier molecular flexibility index (Phi) is 7.97. The van der Waals surface area contributed by atoms with Crippen LogP contribution in [0.2, 0.25) is 0 Å². The molecule has 0 aromatic heterocycles. The number of unbranched alkanes of at least 4 members (excludes halogenated alkanes) is 1. The number of ketones is 1. The molecule has 0 aliphatic heterocycles. The molecule has 1 aliphatic carbocycles. The highest BCUT2D eigenvalue weighted by molar-refractivity contribution is 5.97. The van der Waals surface area contributed by atoms with E-state index in [0.717, 1.165) is 12.8 Å². The average molecular weight is 240 g/mol. The van der Waals surface area contributed by atoms with Crippen molar-refractivity contribution in [3.63, 3.8) is 0 Å². The van der Waals surface area contributed by atoms with Crippen LogP contribution in [0.5, 0.6) is 0 Å². The molecule has 1 aliphatic rings. The molecule has 96 valence electrons. The van der Waals surface area contributed by atoms with Crippen LogP contribution in [0.1, 0.15) is 32.6 Å². The Morgan fingerprint density at radius 3 is 2.65 bits per heavy atom. The van der Waals surface area contributed by atoms with E-state index in [2.05, 4.69) is 11.3 Å². The minimum atomic E-state index is -0.512. The van der Waals surface area contributed by atoms with Gasteiger partial charge in [-0.1, -0.05) is 6.08 Å². The molecular formula is C13H20O4. The number of methoxy groups -OCH3 is 1. The molecule has 1 rings (SSSR count). The van der Waals surface area contributed by atoms with E-state index in [-0.39, 0.29) is 18.2 Å². The fourth-order valence-electron chi connectivity index (χ4n) is 1.28. The van der Waals surface area contributed by atoms with Crippen molar-refractivity contribution in [1.82, 2.24) is 0 Å². The molecule has 1 unspecified atom stereocenters. The maximum Gasteiger partial charge on any atom is 0.305 e. The fraction of sp³-hybridized carbons (Fsp3) is 0.538. The van der Waals surface area contributed by atoms with Crippen molar-refractivity contribution in [3.05, 3.63) is 24.3 Å². The average Bonchev–Trinajstić information content (AvgIpc) is 2.57. The Hall–Kier alpha value is -1.42. The second kappa shape index (κ2) is 8.70. The lowest BCUT2D eigenvalue weighted by atomic mass is 10.2. The molecule has 0 amide bonds. The Morgan fingerprint density at radius 1 is 1.71 bits per heavy atom. The third-order valence-corrected chi connectivity index (χ3v) is 2.29. The number of hydrogen-bond donors (Lipinski definition) is 1. The van der Waals surface area contributed by atoms with Crippen molar-refractivity contribution >= 4 is 11.8 Å². The van der Waals surface area contributed by atoms with Gasteiger partial charge in [-0.25, -0.2) is 0 Å². The summed E-state index contributed by atoms with van der Waals surface area (Å²) in [6, 6.07) is 0. The van der Waals surface area contributed by atoms with Gasteiger partial charge in [-0.05, 0) is 31.4 Å². The van der Waals surface area contributed by atoms with Crippen LogP contribution >= 0.6 is 0 Å². The van der Waals surface area contributed by atoms with Gasteiger partial charge >= 0.3 is 5.97 Å². The number of hydrogen-bond acceptors (Lipinski definition) is 4. The van der Waals surface area contributed by atoms with Gasteiger partial charge < -0.3 is 9.84 Å². The first-order chi connectivity index (χ1) is 8.01. The second-order valence-electron chi connectivity index (χ2n) is 3.80. The maximum atomic E-state index is 10.6. The smallest absolute Gasteiger partial charge is 0.305 e. The standard InChI is InChI=1S/C7H12O2.C6H8O2/c1-3-4-5-6-7(8)9-2;1-4-2-5(7)3-6(4)8/h3H,1,4-6H2,2H3;2,5,7H,3H2,1H3. The van der Waals surface area contributed by atoms with Crippen LogP contribution in [0.25, 0.3) is 0 Å². The highest BCUT2D eigenvalue weighted by Gasteiger charge is 2.17. The zero-order chi connectivity index (χ0) is 13.3. The minimum absolute atomic E-state index is 0.0671. The number of ether oxygens (including phenoxy) is 1. The van der Waals surface area contributed by atoms with E-state index in [4.69, 9.17) is 5.11 Å². The number of esters is 1. The predicted octanol–water partition coefficient (Wildman–Crippen LogP) is 1.78. The number of allylic oxidation sites excluding steroid dienone is 2. The highest BCUT2D eigenvalue weighted by atomic mass is 16.5. The zero-order valence-corrected chi connectivity index (χ0v) is 10.4. The van der Waals surface area contributed by atoms with Gasteiger partial charge in [-0.15, -0.1) is 6.58 Å². The van der Waals surface area contributed by atoms with Crippen LogP contribution in [-0.4, -0.2) is 30.1 Å². The molecule has 17 heavy (non-hydrogen) atoms. The van der Waals surface area contributed by atoms with Gasteiger partial charge in [0.2, 0.25) is 0 Å². The van der Waals surface area contributed by atoms with Crippen LogP contribution in [0.3, 0.4) is 0 Å². The molecule has 1 atom stereocenters. The summed E-state index contributed by atoms with van der Waals surface area (Å²) in [7, 11) is 1.40. The number of aliphatic hydroxyl groups is 1. The molecule has 0 radical (unpaired) electrons. The lowest BCUT2D eigenvalue weighted by Crippen LogP contribution is -2.00. The quantitative estimate of drug-likeness (QED) is 0.462. The second-order valence-corrected chi connectivity index (χ2v) is 3.80. The number of Topliss-reactive ketones (excluding diaryl/α,β-unsaturated/α-hetero) is 1. The van der Waals surface area contributed by atoms with Crippen LogP contribution < -0.4 is 0 Å². The normalized spacial score (nSPS) is 17.9. The molecule has 0 fully saturated rings. The molecule has 0 bridgehead atoms. The minimum Gasteiger partial charge on any atom is -0.469 e. The van der Waals surface area contributed by atoms with Crippen molar-refractivity contribution in [2.24, 2.45) is 0 Å². The summed E-state index contributed by atoms with van der Waals surface area (Å²) in [5.41, 5.74) is 0.692. The van der Waals surface area contributed by atoms with Gasteiger partial charge in [-0.2, -0.15) is 0 Å². The number of rotatable bonds is 4. The van der Waals surface area contributed by atoms with E-state index in [9.17, 15) is 9.59 Å². The molecule has 1 N–H and O–H groups in total. The summed E-state index contributed by atoms with van der Waals surface area (Å²) in [4.78, 5) is 21.0. The molecule has 4 heteroatoms. The van der Waals surface area contributed by atoms with E-state index in [0.29, 0.717) is 12.0 Å². The molecule has 4 nitrogen and oxygen atoms in total. The molecular weight excluding hydrogens is 220 g/mol. The van der Waals surface area contributed by atoms with Gasteiger partial charge in [0.05, 0.1) is 13.2 Å². The third-order valence-electron chi connectivity index (χ3n) is 2.29. The summed E-state index contributed by atoms with van der Waals surface area (Å²) in [6.45, 7) is 5.25. The molecule has 0 spiro atoms. The first kappa shape index (κ1) is 15.6. The van der Waals surface area contributed by atoms with E-state index < -0.39 is 6.10 Å². The van der Waals surface area contributed by atoms with Crippen LogP contribution in [0, 0.1) is 0 Å². The predicted molar refractivity (Wildman–Crippen MR) is 65.5 cm³/mol. The third kappa shape index (κ3) is 7.47.